The van der Waals surface area contributed by atoms with Crippen molar-refractivity contribution in [3.63, 3.8) is 0 Å². The summed E-state index contributed by atoms with van der Waals surface area (Å²) in [6.45, 7) is 5.15. The molecule has 3 aliphatic rings. The number of hydrogen-bond acceptors (Lipinski definition) is 7. The number of rotatable bonds is 5. The highest BCUT2D eigenvalue weighted by atomic mass is 32.2. The molecule has 0 aromatic heterocycles. The number of sulfonamides is 1. The Bertz CT molecular complexity index is 844. The van der Waals surface area contributed by atoms with Crippen molar-refractivity contribution in [2.45, 2.75) is 17.7 Å². The number of amides is 1. The first-order valence-electron chi connectivity index (χ1n) is 10.5. The smallest absolute Gasteiger partial charge is 0.243 e. The van der Waals surface area contributed by atoms with Crippen molar-refractivity contribution < 1.29 is 27.4 Å². The van der Waals surface area contributed by atoms with E-state index in [1.807, 2.05) is 0 Å². The van der Waals surface area contributed by atoms with Crippen molar-refractivity contribution in [3.8, 4) is 0 Å². The molecule has 0 atom stereocenters. The van der Waals surface area contributed by atoms with Crippen LogP contribution in [0.4, 0.5) is 11.4 Å². The standard InChI is InChI=1S/C20H29N3O6S/c24-20(16-3-9-27-10-4-16)21-18-15-17(30(25,26)23-7-13-29-14-8-23)1-2-19(18)22-5-11-28-12-6-22/h1-2,15-16H,3-14H2,(H,21,24). The summed E-state index contributed by atoms with van der Waals surface area (Å²) in [7, 11) is -3.65. The van der Waals surface area contributed by atoms with Gasteiger partial charge in [-0.2, -0.15) is 4.31 Å². The molecule has 0 bridgehead atoms. The van der Waals surface area contributed by atoms with Crippen LogP contribution in [0.25, 0.3) is 0 Å². The van der Waals surface area contributed by atoms with Crippen molar-refractivity contribution in [2.75, 3.05) is 76.0 Å². The summed E-state index contributed by atoms with van der Waals surface area (Å²) in [5.74, 6) is -0.218. The van der Waals surface area contributed by atoms with E-state index >= 15 is 0 Å². The van der Waals surface area contributed by atoms with Crippen LogP contribution in [0.5, 0.6) is 0 Å². The molecule has 3 fully saturated rings. The van der Waals surface area contributed by atoms with Crippen molar-refractivity contribution in [2.24, 2.45) is 5.92 Å². The Kier molecular flexibility index (Phi) is 6.89. The molecule has 3 aliphatic heterocycles. The zero-order valence-corrected chi connectivity index (χ0v) is 17.9. The predicted octanol–water partition coefficient (Wildman–Crippen LogP) is 0.909. The Labute approximate surface area is 177 Å². The highest BCUT2D eigenvalue weighted by Gasteiger charge is 2.29. The molecular weight excluding hydrogens is 410 g/mol. The maximum Gasteiger partial charge on any atom is 0.243 e. The molecular formula is C20H29N3O6S. The largest absolute Gasteiger partial charge is 0.381 e. The first-order valence-corrected chi connectivity index (χ1v) is 11.9. The van der Waals surface area contributed by atoms with E-state index < -0.39 is 10.0 Å². The SMILES string of the molecule is O=C(Nc1cc(S(=O)(=O)N2CCOCC2)ccc1N1CCOCC1)C1CCOCC1. The van der Waals surface area contributed by atoms with E-state index in [9.17, 15) is 13.2 Å². The average Bonchev–Trinajstić information content (AvgIpc) is 2.81. The minimum absolute atomic E-state index is 0.0891. The first-order chi connectivity index (χ1) is 14.6. The number of carbonyl (C=O) groups excluding carboxylic acids is 1. The Balaban J connectivity index is 1.62. The zero-order valence-electron chi connectivity index (χ0n) is 17.0. The number of nitrogens with zero attached hydrogens (tertiary/aromatic N) is 2. The van der Waals surface area contributed by atoms with Gasteiger partial charge in [-0.3, -0.25) is 4.79 Å². The molecule has 4 rings (SSSR count). The van der Waals surface area contributed by atoms with E-state index in [1.54, 1.807) is 18.2 Å². The summed E-state index contributed by atoms with van der Waals surface area (Å²) in [4.78, 5) is 15.2. The van der Waals surface area contributed by atoms with Crippen LogP contribution in [0.2, 0.25) is 0 Å². The van der Waals surface area contributed by atoms with E-state index in [0.717, 1.165) is 5.69 Å². The zero-order chi connectivity index (χ0) is 21.0. The molecule has 0 saturated carbocycles. The number of morpholine rings is 2. The van der Waals surface area contributed by atoms with Crippen LogP contribution in [0.15, 0.2) is 23.1 Å². The molecule has 30 heavy (non-hydrogen) atoms. The van der Waals surface area contributed by atoms with Crippen molar-refractivity contribution >= 4 is 27.3 Å². The molecule has 10 heteroatoms. The number of carbonyl (C=O) groups is 1. The quantitative estimate of drug-likeness (QED) is 0.728. The third-order valence-electron chi connectivity index (χ3n) is 5.78. The van der Waals surface area contributed by atoms with Gasteiger partial charge in [0.2, 0.25) is 15.9 Å². The highest BCUT2D eigenvalue weighted by Crippen LogP contribution is 2.32. The fourth-order valence-electron chi connectivity index (χ4n) is 3.99. The van der Waals surface area contributed by atoms with Gasteiger partial charge >= 0.3 is 0 Å². The Morgan fingerprint density at radius 3 is 2.17 bits per heavy atom. The predicted molar refractivity (Wildman–Crippen MR) is 111 cm³/mol. The molecule has 3 saturated heterocycles. The van der Waals surface area contributed by atoms with Crippen molar-refractivity contribution in [3.05, 3.63) is 18.2 Å². The Hall–Kier alpha value is -1.72. The summed E-state index contributed by atoms with van der Waals surface area (Å²) in [5, 5.41) is 3.01. The fourth-order valence-corrected chi connectivity index (χ4v) is 5.42. The Morgan fingerprint density at radius 2 is 1.50 bits per heavy atom. The molecule has 1 aromatic carbocycles. The molecule has 1 aromatic rings. The molecule has 0 unspecified atom stereocenters. The van der Waals surface area contributed by atoms with Crippen LogP contribution in [0.1, 0.15) is 12.8 Å². The summed E-state index contributed by atoms with van der Waals surface area (Å²) >= 11 is 0. The summed E-state index contributed by atoms with van der Waals surface area (Å²) < 4.78 is 43.7. The van der Waals surface area contributed by atoms with Crippen LogP contribution in [-0.4, -0.2) is 84.5 Å². The van der Waals surface area contributed by atoms with Gasteiger partial charge in [-0.15, -0.1) is 0 Å². The summed E-state index contributed by atoms with van der Waals surface area (Å²) in [6.07, 6.45) is 1.34. The number of benzene rings is 1. The fraction of sp³-hybridized carbons (Fsp3) is 0.650. The van der Waals surface area contributed by atoms with Crippen LogP contribution in [0.3, 0.4) is 0 Å². The second kappa shape index (κ2) is 9.61. The van der Waals surface area contributed by atoms with E-state index in [4.69, 9.17) is 14.2 Å². The molecule has 1 amide bonds. The lowest BCUT2D eigenvalue weighted by atomic mass is 9.99. The number of ether oxygens (including phenoxy) is 3. The molecule has 0 radical (unpaired) electrons. The van der Waals surface area contributed by atoms with Crippen LogP contribution in [-0.2, 0) is 29.0 Å². The lowest BCUT2D eigenvalue weighted by Gasteiger charge is -2.32. The monoisotopic (exact) mass is 439 g/mol. The third-order valence-corrected chi connectivity index (χ3v) is 7.67. The third kappa shape index (κ3) is 4.78. The van der Waals surface area contributed by atoms with E-state index in [2.05, 4.69) is 10.2 Å². The normalized spacial score (nSPS) is 22.1. The topological polar surface area (TPSA) is 97.4 Å². The van der Waals surface area contributed by atoms with Crippen LogP contribution >= 0.6 is 0 Å². The molecule has 1 N–H and O–H groups in total. The maximum absolute atomic E-state index is 13.1. The second-order valence-corrected chi connectivity index (χ2v) is 9.61. The number of nitrogens with one attached hydrogen (secondary N) is 1. The van der Waals surface area contributed by atoms with Crippen molar-refractivity contribution in [1.29, 1.82) is 0 Å². The summed E-state index contributed by atoms with van der Waals surface area (Å²) in [6, 6.07) is 5.00. The van der Waals surface area contributed by atoms with Crippen LogP contribution in [0, 0.1) is 5.92 Å². The van der Waals surface area contributed by atoms with Gasteiger partial charge in [-0.05, 0) is 31.0 Å². The first kappa shape index (κ1) is 21.5. The molecule has 3 heterocycles. The van der Waals surface area contributed by atoms with Crippen LogP contribution < -0.4 is 10.2 Å². The average molecular weight is 440 g/mol. The van der Waals surface area contributed by atoms with Gasteiger partial charge in [0.15, 0.2) is 0 Å². The van der Waals surface area contributed by atoms with Gasteiger partial charge in [-0.25, -0.2) is 8.42 Å². The van der Waals surface area contributed by atoms with Gasteiger partial charge in [0.1, 0.15) is 0 Å². The number of hydrogen-bond donors (Lipinski definition) is 1. The van der Waals surface area contributed by atoms with E-state index in [-0.39, 0.29) is 16.7 Å². The molecule has 166 valence electrons. The van der Waals surface area contributed by atoms with E-state index in [1.165, 1.54) is 4.31 Å². The van der Waals surface area contributed by atoms with Gasteiger partial charge in [-0.1, -0.05) is 0 Å². The van der Waals surface area contributed by atoms with Gasteiger partial charge < -0.3 is 24.4 Å². The maximum atomic E-state index is 13.1. The molecule has 9 nitrogen and oxygen atoms in total. The Morgan fingerprint density at radius 1 is 0.900 bits per heavy atom. The second-order valence-electron chi connectivity index (χ2n) is 7.67. The molecule has 0 spiro atoms. The molecule has 0 aliphatic carbocycles. The van der Waals surface area contributed by atoms with E-state index in [0.29, 0.717) is 84.3 Å². The highest BCUT2D eigenvalue weighted by molar-refractivity contribution is 7.89. The minimum Gasteiger partial charge on any atom is -0.381 e. The van der Waals surface area contributed by atoms with Crippen molar-refractivity contribution in [1.82, 2.24) is 4.31 Å². The summed E-state index contributed by atoms with van der Waals surface area (Å²) in [5.41, 5.74) is 1.35. The van der Waals surface area contributed by atoms with Gasteiger partial charge in [0, 0.05) is 45.3 Å². The number of anilines is 2. The lowest BCUT2D eigenvalue weighted by molar-refractivity contribution is -0.122. The van der Waals surface area contributed by atoms with Gasteiger partial charge in [0.25, 0.3) is 0 Å². The lowest BCUT2D eigenvalue weighted by Crippen LogP contribution is -2.40. The minimum atomic E-state index is -3.65. The van der Waals surface area contributed by atoms with Gasteiger partial charge in [0.05, 0.1) is 42.7 Å².